The van der Waals surface area contributed by atoms with Gasteiger partial charge in [0.15, 0.2) is 5.78 Å². The minimum absolute atomic E-state index is 0.0659. The summed E-state index contributed by atoms with van der Waals surface area (Å²) in [5.41, 5.74) is 0.716. The smallest absolute Gasteiger partial charge is 0.220 e. The monoisotopic (exact) mass is 251 g/mol. The first-order chi connectivity index (χ1) is 8.13. The molecule has 92 valence electrons. The Balaban J connectivity index is 2.44. The molecule has 1 rings (SSSR count). The largest absolute Gasteiger partial charge is 0.356 e. The summed E-state index contributed by atoms with van der Waals surface area (Å²) < 4.78 is 0. The fourth-order valence-corrected chi connectivity index (χ4v) is 2.26. The second-order valence-electron chi connectivity index (χ2n) is 3.64. The van der Waals surface area contributed by atoms with Gasteiger partial charge in [-0.2, -0.15) is 0 Å². The molecule has 1 aromatic rings. The zero-order valence-corrected chi connectivity index (χ0v) is 11.0. The highest BCUT2D eigenvalue weighted by Crippen LogP contribution is 2.20. The van der Waals surface area contributed by atoms with Gasteiger partial charge in [0.1, 0.15) is 0 Å². The molecular formula is C13H17NO2S. The average molecular weight is 251 g/mol. The van der Waals surface area contributed by atoms with Crippen LogP contribution in [0.3, 0.4) is 0 Å². The van der Waals surface area contributed by atoms with E-state index in [0.29, 0.717) is 18.5 Å². The molecule has 1 N–H and O–H groups in total. The van der Waals surface area contributed by atoms with Crippen molar-refractivity contribution in [1.29, 1.82) is 0 Å². The second-order valence-corrected chi connectivity index (χ2v) is 4.80. The normalized spacial score (nSPS) is 10.0. The molecule has 0 fully saturated rings. The molecule has 0 bridgehead atoms. The number of rotatable bonds is 6. The van der Waals surface area contributed by atoms with Crippen molar-refractivity contribution in [3.05, 3.63) is 29.8 Å². The van der Waals surface area contributed by atoms with E-state index in [1.165, 1.54) is 0 Å². The summed E-state index contributed by atoms with van der Waals surface area (Å²) in [6, 6.07) is 7.49. The maximum atomic E-state index is 11.2. The lowest BCUT2D eigenvalue weighted by Crippen LogP contribution is -2.22. The topological polar surface area (TPSA) is 46.2 Å². The van der Waals surface area contributed by atoms with Crippen molar-refractivity contribution in [2.75, 3.05) is 12.3 Å². The number of carbonyl (C=O) groups is 2. The van der Waals surface area contributed by atoms with E-state index in [4.69, 9.17) is 0 Å². The van der Waals surface area contributed by atoms with Crippen LogP contribution in [0.25, 0.3) is 0 Å². The summed E-state index contributed by atoms with van der Waals surface area (Å²) in [6.07, 6.45) is 0.503. The van der Waals surface area contributed by atoms with E-state index in [-0.39, 0.29) is 11.7 Å². The molecule has 0 aliphatic carbocycles. The van der Waals surface area contributed by atoms with Crippen LogP contribution >= 0.6 is 11.8 Å². The fraction of sp³-hybridized carbons (Fsp3) is 0.385. The Labute approximate surface area is 106 Å². The second kappa shape index (κ2) is 7.12. The van der Waals surface area contributed by atoms with Crippen LogP contribution in [0.2, 0.25) is 0 Å². The fourth-order valence-electron chi connectivity index (χ4n) is 1.35. The number of Topliss-reactive ketones (excluding diaryl/α,β-unsaturated/α-hetero) is 1. The van der Waals surface area contributed by atoms with Crippen molar-refractivity contribution < 1.29 is 9.59 Å². The first-order valence-corrected chi connectivity index (χ1v) is 6.62. The van der Waals surface area contributed by atoms with Gasteiger partial charge in [-0.25, -0.2) is 0 Å². The summed E-state index contributed by atoms with van der Waals surface area (Å²) in [5, 5.41) is 2.76. The summed E-state index contributed by atoms with van der Waals surface area (Å²) in [6.45, 7) is 4.13. The quantitative estimate of drug-likeness (QED) is 0.624. The summed E-state index contributed by atoms with van der Waals surface area (Å²) in [5.74, 6) is 0.867. The summed E-state index contributed by atoms with van der Waals surface area (Å²) >= 11 is 1.59. The zero-order chi connectivity index (χ0) is 12.7. The average Bonchev–Trinajstić information content (AvgIpc) is 2.30. The van der Waals surface area contributed by atoms with Gasteiger partial charge in [0.05, 0.1) is 0 Å². The van der Waals surface area contributed by atoms with Crippen LogP contribution in [0.15, 0.2) is 29.2 Å². The van der Waals surface area contributed by atoms with E-state index in [2.05, 4.69) is 5.32 Å². The van der Waals surface area contributed by atoms with Crippen LogP contribution < -0.4 is 5.32 Å². The van der Waals surface area contributed by atoms with Crippen molar-refractivity contribution >= 4 is 23.5 Å². The van der Waals surface area contributed by atoms with E-state index in [1.54, 1.807) is 24.8 Å². The van der Waals surface area contributed by atoms with Gasteiger partial charge in [0, 0.05) is 29.2 Å². The molecule has 0 unspecified atom stereocenters. The maximum Gasteiger partial charge on any atom is 0.220 e. The number of carbonyl (C=O) groups excluding carboxylic acids is 2. The lowest BCUT2D eigenvalue weighted by Gasteiger charge is -2.03. The molecule has 0 saturated carbocycles. The molecule has 0 radical (unpaired) electrons. The SMILES string of the molecule is CCNC(=O)CCSc1cccc(C(C)=O)c1. The highest BCUT2D eigenvalue weighted by atomic mass is 32.2. The lowest BCUT2D eigenvalue weighted by molar-refractivity contribution is -0.120. The molecule has 0 saturated heterocycles. The Bertz CT molecular complexity index is 404. The third-order valence-corrected chi connectivity index (χ3v) is 3.21. The molecular weight excluding hydrogens is 234 g/mol. The Morgan fingerprint density at radius 3 is 2.76 bits per heavy atom. The number of nitrogens with one attached hydrogen (secondary N) is 1. The number of hydrogen-bond donors (Lipinski definition) is 1. The van der Waals surface area contributed by atoms with Crippen molar-refractivity contribution in [3.8, 4) is 0 Å². The number of benzene rings is 1. The lowest BCUT2D eigenvalue weighted by atomic mass is 10.2. The van der Waals surface area contributed by atoms with Gasteiger partial charge in [0.25, 0.3) is 0 Å². The van der Waals surface area contributed by atoms with Gasteiger partial charge < -0.3 is 5.32 Å². The Morgan fingerprint density at radius 1 is 1.35 bits per heavy atom. The summed E-state index contributed by atoms with van der Waals surface area (Å²) in [4.78, 5) is 23.5. The molecule has 17 heavy (non-hydrogen) atoms. The van der Waals surface area contributed by atoms with Gasteiger partial charge in [-0.05, 0) is 26.0 Å². The van der Waals surface area contributed by atoms with Gasteiger partial charge in [-0.3, -0.25) is 9.59 Å². The molecule has 0 aliphatic rings. The number of thioether (sulfide) groups is 1. The highest BCUT2D eigenvalue weighted by molar-refractivity contribution is 7.99. The number of hydrogen-bond acceptors (Lipinski definition) is 3. The predicted octanol–water partition coefficient (Wildman–Crippen LogP) is 2.51. The standard InChI is InChI=1S/C13H17NO2S/c1-3-14-13(16)7-8-17-12-6-4-5-11(9-12)10(2)15/h4-6,9H,3,7-8H2,1-2H3,(H,14,16). The van der Waals surface area contributed by atoms with Crippen LogP contribution in [-0.4, -0.2) is 24.0 Å². The van der Waals surface area contributed by atoms with Crippen molar-refractivity contribution in [1.82, 2.24) is 5.32 Å². The van der Waals surface area contributed by atoms with Crippen LogP contribution in [0.4, 0.5) is 0 Å². The van der Waals surface area contributed by atoms with Gasteiger partial charge in [-0.15, -0.1) is 11.8 Å². The van der Waals surface area contributed by atoms with E-state index in [9.17, 15) is 9.59 Å². The molecule has 0 heterocycles. The minimum Gasteiger partial charge on any atom is -0.356 e. The van der Waals surface area contributed by atoms with Crippen molar-refractivity contribution in [2.24, 2.45) is 0 Å². The van der Waals surface area contributed by atoms with Crippen LogP contribution in [0, 0.1) is 0 Å². The third-order valence-electron chi connectivity index (χ3n) is 2.21. The Kier molecular flexibility index (Phi) is 5.77. The Hall–Kier alpha value is -1.29. The molecule has 1 aromatic carbocycles. The molecule has 0 spiro atoms. The first-order valence-electron chi connectivity index (χ1n) is 5.64. The van der Waals surface area contributed by atoms with Crippen molar-refractivity contribution in [3.63, 3.8) is 0 Å². The zero-order valence-electron chi connectivity index (χ0n) is 10.2. The van der Waals surface area contributed by atoms with Crippen LogP contribution in [-0.2, 0) is 4.79 Å². The Morgan fingerprint density at radius 2 is 2.12 bits per heavy atom. The van der Waals surface area contributed by atoms with Gasteiger partial charge >= 0.3 is 0 Å². The molecule has 1 amide bonds. The van der Waals surface area contributed by atoms with E-state index in [1.807, 2.05) is 25.1 Å². The van der Waals surface area contributed by atoms with Crippen LogP contribution in [0.5, 0.6) is 0 Å². The van der Waals surface area contributed by atoms with E-state index < -0.39 is 0 Å². The maximum absolute atomic E-state index is 11.2. The highest BCUT2D eigenvalue weighted by Gasteiger charge is 2.03. The molecule has 0 aliphatic heterocycles. The molecule has 0 aromatic heterocycles. The third kappa shape index (κ3) is 5.04. The van der Waals surface area contributed by atoms with E-state index in [0.717, 1.165) is 10.6 Å². The van der Waals surface area contributed by atoms with Crippen LogP contribution in [0.1, 0.15) is 30.6 Å². The van der Waals surface area contributed by atoms with Crippen molar-refractivity contribution in [2.45, 2.75) is 25.2 Å². The predicted molar refractivity (Wildman–Crippen MR) is 70.5 cm³/mol. The van der Waals surface area contributed by atoms with E-state index >= 15 is 0 Å². The molecule has 3 nitrogen and oxygen atoms in total. The summed E-state index contributed by atoms with van der Waals surface area (Å²) in [7, 11) is 0. The molecule has 4 heteroatoms. The minimum atomic E-state index is 0.0659. The molecule has 0 atom stereocenters. The first kappa shape index (κ1) is 13.8. The van der Waals surface area contributed by atoms with Gasteiger partial charge in [-0.1, -0.05) is 12.1 Å². The number of amides is 1. The van der Waals surface area contributed by atoms with Gasteiger partial charge in [0.2, 0.25) is 5.91 Å². The number of ketones is 1.